The van der Waals surface area contributed by atoms with Crippen LogP contribution in [-0.4, -0.2) is 35.4 Å². The fraction of sp³-hybridized carbons (Fsp3) is 0.222. The molecule has 0 aliphatic carbocycles. The SMILES string of the molecule is COc1cc(Cl)cc(CC(NC(=O)OCc2ccccc2)C(=O)O)c1O. The van der Waals surface area contributed by atoms with Crippen molar-refractivity contribution in [2.45, 2.75) is 19.1 Å². The van der Waals surface area contributed by atoms with Gasteiger partial charge in [-0.2, -0.15) is 0 Å². The van der Waals surface area contributed by atoms with E-state index in [0.717, 1.165) is 5.56 Å². The van der Waals surface area contributed by atoms with Gasteiger partial charge in [-0.3, -0.25) is 0 Å². The van der Waals surface area contributed by atoms with Crippen LogP contribution in [0.15, 0.2) is 42.5 Å². The average molecular weight is 380 g/mol. The van der Waals surface area contributed by atoms with Gasteiger partial charge in [-0.25, -0.2) is 9.59 Å². The number of carboxylic acid groups (broad SMARTS) is 1. The van der Waals surface area contributed by atoms with E-state index in [1.165, 1.54) is 19.2 Å². The van der Waals surface area contributed by atoms with Crippen LogP contribution in [0.2, 0.25) is 5.02 Å². The van der Waals surface area contributed by atoms with Crippen molar-refractivity contribution < 1.29 is 29.3 Å². The molecular weight excluding hydrogens is 362 g/mol. The second-order valence-electron chi connectivity index (χ2n) is 5.42. The van der Waals surface area contributed by atoms with Gasteiger partial charge in [-0.1, -0.05) is 41.9 Å². The minimum Gasteiger partial charge on any atom is -0.504 e. The minimum atomic E-state index is -1.31. The highest BCUT2D eigenvalue weighted by molar-refractivity contribution is 6.30. The van der Waals surface area contributed by atoms with Gasteiger partial charge in [0.05, 0.1) is 7.11 Å². The van der Waals surface area contributed by atoms with E-state index < -0.39 is 18.1 Å². The first-order valence-electron chi connectivity index (χ1n) is 7.66. The number of methoxy groups -OCH3 is 1. The Morgan fingerprint density at radius 2 is 1.92 bits per heavy atom. The highest BCUT2D eigenvalue weighted by Crippen LogP contribution is 2.34. The van der Waals surface area contributed by atoms with Crippen molar-refractivity contribution in [2.24, 2.45) is 0 Å². The van der Waals surface area contributed by atoms with E-state index in [1.54, 1.807) is 24.3 Å². The number of hydrogen-bond donors (Lipinski definition) is 3. The Hall–Kier alpha value is -2.93. The lowest BCUT2D eigenvalue weighted by molar-refractivity contribution is -0.139. The molecule has 8 heteroatoms. The van der Waals surface area contributed by atoms with Crippen molar-refractivity contribution >= 4 is 23.7 Å². The lowest BCUT2D eigenvalue weighted by Gasteiger charge is -2.16. The van der Waals surface area contributed by atoms with E-state index in [4.69, 9.17) is 21.1 Å². The Bertz CT molecular complexity index is 781. The number of carbonyl (C=O) groups excluding carboxylic acids is 1. The van der Waals surface area contributed by atoms with E-state index in [0.29, 0.717) is 0 Å². The number of hydrogen-bond acceptors (Lipinski definition) is 5. The van der Waals surface area contributed by atoms with Crippen LogP contribution < -0.4 is 10.1 Å². The van der Waals surface area contributed by atoms with Crippen LogP contribution in [0.5, 0.6) is 11.5 Å². The Morgan fingerprint density at radius 3 is 2.54 bits per heavy atom. The van der Waals surface area contributed by atoms with Crippen LogP contribution in [0, 0.1) is 0 Å². The number of rotatable bonds is 7. The van der Waals surface area contributed by atoms with E-state index >= 15 is 0 Å². The van der Waals surface area contributed by atoms with Gasteiger partial charge in [0.15, 0.2) is 11.5 Å². The highest BCUT2D eigenvalue weighted by Gasteiger charge is 2.24. The maximum atomic E-state index is 11.9. The van der Waals surface area contributed by atoms with E-state index in [9.17, 15) is 19.8 Å². The van der Waals surface area contributed by atoms with E-state index in [2.05, 4.69) is 5.32 Å². The summed E-state index contributed by atoms with van der Waals surface area (Å²) in [5.74, 6) is -1.40. The molecule has 2 rings (SSSR count). The summed E-state index contributed by atoms with van der Waals surface area (Å²) < 4.78 is 10.0. The third-order valence-electron chi connectivity index (χ3n) is 3.57. The Balaban J connectivity index is 2.04. The van der Waals surface area contributed by atoms with Crippen molar-refractivity contribution in [3.63, 3.8) is 0 Å². The number of alkyl carbamates (subject to hydrolysis) is 1. The zero-order chi connectivity index (χ0) is 19.1. The van der Waals surface area contributed by atoms with Crippen molar-refractivity contribution in [1.29, 1.82) is 0 Å². The quantitative estimate of drug-likeness (QED) is 0.683. The molecule has 0 saturated carbocycles. The largest absolute Gasteiger partial charge is 0.504 e. The number of carbonyl (C=O) groups is 2. The number of aromatic hydroxyl groups is 1. The molecule has 138 valence electrons. The van der Waals surface area contributed by atoms with Gasteiger partial charge < -0.3 is 25.0 Å². The summed E-state index contributed by atoms with van der Waals surface area (Å²) in [5.41, 5.74) is 0.997. The summed E-state index contributed by atoms with van der Waals surface area (Å²) >= 11 is 5.94. The second kappa shape index (κ2) is 8.96. The first-order valence-corrected chi connectivity index (χ1v) is 8.04. The fourth-order valence-electron chi connectivity index (χ4n) is 2.27. The van der Waals surface area contributed by atoms with Gasteiger partial charge in [0.2, 0.25) is 0 Å². The number of benzene rings is 2. The van der Waals surface area contributed by atoms with Gasteiger partial charge in [-0.15, -0.1) is 0 Å². The number of carboxylic acids is 1. The molecule has 0 fully saturated rings. The predicted molar refractivity (Wildman–Crippen MR) is 94.6 cm³/mol. The number of aliphatic carboxylic acids is 1. The normalized spacial score (nSPS) is 11.5. The molecule has 1 atom stereocenters. The van der Waals surface area contributed by atoms with Crippen LogP contribution in [0.3, 0.4) is 0 Å². The molecule has 2 aromatic carbocycles. The number of phenols is 1. The summed E-state index contributed by atoms with van der Waals surface area (Å²) in [6, 6.07) is 10.5. The molecule has 1 unspecified atom stereocenters. The Morgan fingerprint density at radius 1 is 1.23 bits per heavy atom. The molecule has 26 heavy (non-hydrogen) atoms. The smallest absolute Gasteiger partial charge is 0.408 e. The van der Waals surface area contributed by atoms with Gasteiger partial charge in [0, 0.05) is 23.1 Å². The first kappa shape index (κ1) is 19.4. The zero-order valence-corrected chi connectivity index (χ0v) is 14.7. The molecule has 2 aromatic rings. The van der Waals surface area contributed by atoms with Crippen molar-refractivity contribution in [3.05, 3.63) is 58.6 Å². The minimum absolute atomic E-state index is 0.00918. The molecular formula is C18H18ClNO6. The summed E-state index contributed by atoms with van der Waals surface area (Å²) in [5, 5.41) is 22.0. The number of ether oxygens (including phenoxy) is 2. The van der Waals surface area contributed by atoms with Crippen LogP contribution in [0.1, 0.15) is 11.1 Å². The lowest BCUT2D eigenvalue weighted by Crippen LogP contribution is -2.42. The van der Waals surface area contributed by atoms with Crippen LogP contribution in [0.25, 0.3) is 0 Å². The van der Waals surface area contributed by atoms with Crippen LogP contribution in [0.4, 0.5) is 4.79 Å². The first-order chi connectivity index (χ1) is 12.4. The Labute approximate surface area is 155 Å². The molecule has 0 spiro atoms. The maximum absolute atomic E-state index is 11.9. The molecule has 7 nitrogen and oxygen atoms in total. The monoisotopic (exact) mass is 379 g/mol. The van der Waals surface area contributed by atoms with Crippen molar-refractivity contribution in [1.82, 2.24) is 5.32 Å². The molecule has 0 aromatic heterocycles. The molecule has 0 heterocycles. The van der Waals surface area contributed by atoms with Crippen molar-refractivity contribution in [3.8, 4) is 11.5 Å². The molecule has 0 bridgehead atoms. The summed E-state index contributed by atoms with van der Waals surface area (Å²) in [6.07, 6.45) is -1.08. The highest BCUT2D eigenvalue weighted by atomic mass is 35.5. The third-order valence-corrected chi connectivity index (χ3v) is 3.78. The summed E-state index contributed by atoms with van der Waals surface area (Å²) in [6.45, 7) is 0.00918. The standard InChI is InChI=1S/C18H18ClNO6/c1-25-15-9-13(19)7-12(16(15)21)8-14(17(22)23)20-18(24)26-10-11-5-3-2-4-6-11/h2-7,9,14,21H,8,10H2,1H3,(H,20,24)(H,22,23). The molecule has 0 aliphatic rings. The zero-order valence-electron chi connectivity index (χ0n) is 13.9. The van der Waals surface area contributed by atoms with Crippen LogP contribution in [-0.2, 0) is 22.6 Å². The van der Waals surface area contributed by atoms with E-state index in [1.807, 2.05) is 6.07 Å². The summed E-state index contributed by atoms with van der Waals surface area (Å²) in [4.78, 5) is 23.3. The topological polar surface area (TPSA) is 105 Å². The molecule has 0 radical (unpaired) electrons. The van der Waals surface area contributed by atoms with Gasteiger partial charge >= 0.3 is 12.1 Å². The number of halogens is 1. The number of phenolic OH excluding ortho intramolecular Hbond substituents is 1. The maximum Gasteiger partial charge on any atom is 0.408 e. The third kappa shape index (κ3) is 5.29. The Kier molecular flexibility index (Phi) is 6.68. The molecule has 0 saturated heterocycles. The van der Waals surface area contributed by atoms with E-state index in [-0.39, 0.29) is 35.1 Å². The molecule has 1 amide bonds. The average Bonchev–Trinajstić information content (AvgIpc) is 2.62. The lowest BCUT2D eigenvalue weighted by atomic mass is 10.0. The van der Waals surface area contributed by atoms with Crippen molar-refractivity contribution in [2.75, 3.05) is 7.11 Å². The second-order valence-corrected chi connectivity index (χ2v) is 5.85. The molecule has 0 aliphatic heterocycles. The van der Waals surface area contributed by atoms with Gasteiger partial charge in [-0.05, 0) is 11.6 Å². The number of amides is 1. The van der Waals surface area contributed by atoms with Gasteiger partial charge in [0.1, 0.15) is 12.6 Å². The fourth-order valence-corrected chi connectivity index (χ4v) is 2.50. The predicted octanol–water partition coefficient (Wildman–Crippen LogP) is 2.98. The molecule has 3 N–H and O–H groups in total. The summed E-state index contributed by atoms with van der Waals surface area (Å²) in [7, 11) is 1.35. The van der Waals surface area contributed by atoms with Crippen LogP contribution >= 0.6 is 11.6 Å². The van der Waals surface area contributed by atoms with Gasteiger partial charge in [0.25, 0.3) is 0 Å². The number of nitrogens with one attached hydrogen (secondary N) is 1.